The van der Waals surface area contributed by atoms with Crippen molar-refractivity contribution in [2.24, 2.45) is 7.05 Å². The highest BCUT2D eigenvalue weighted by Crippen LogP contribution is 2.27. The zero-order valence-electron chi connectivity index (χ0n) is 13.0. The summed E-state index contributed by atoms with van der Waals surface area (Å²) in [5.74, 6) is 0. The zero-order valence-corrected chi connectivity index (χ0v) is 13.8. The topological polar surface area (TPSA) is 54.6 Å². The van der Waals surface area contributed by atoms with Gasteiger partial charge in [0.05, 0.1) is 11.2 Å². The maximum atomic E-state index is 10.4. The Morgan fingerprint density at radius 3 is 2.38 bits per heavy atom. The van der Waals surface area contributed by atoms with Crippen LogP contribution >= 0.6 is 11.6 Å². The third-order valence-corrected chi connectivity index (χ3v) is 4.53. The summed E-state index contributed by atoms with van der Waals surface area (Å²) in [6.45, 7) is 6.79. The molecular formula is C15H21BClNO3. The van der Waals surface area contributed by atoms with Crippen LogP contribution in [0.3, 0.4) is 0 Å². The molecule has 0 spiro atoms. The quantitative estimate of drug-likeness (QED) is 0.850. The minimum Gasteiger partial charge on any atom is -0.422 e. The van der Waals surface area contributed by atoms with Gasteiger partial charge in [0.2, 0.25) is 0 Å². The first-order valence-corrected chi connectivity index (χ1v) is 7.24. The summed E-state index contributed by atoms with van der Waals surface area (Å²) < 4.78 is 7.52. The number of aryl methyl sites for hydroxylation is 1. The van der Waals surface area contributed by atoms with Gasteiger partial charge in [-0.25, -0.2) is 0 Å². The molecule has 4 nitrogen and oxygen atoms in total. The summed E-state index contributed by atoms with van der Waals surface area (Å²) in [4.78, 5) is 0. The minimum absolute atomic E-state index is 0.593. The molecule has 0 amide bonds. The maximum Gasteiger partial charge on any atom is 0.509 e. The van der Waals surface area contributed by atoms with E-state index in [4.69, 9.17) is 16.3 Å². The Balaban J connectivity index is 2.39. The van der Waals surface area contributed by atoms with Gasteiger partial charge < -0.3 is 19.4 Å². The summed E-state index contributed by atoms with van der Waals surface area (Å²) in [5.41, 5.74) is -0.486. The standard InChI is InChI=1S/C15H21BClNO3/c1-14(2,19)15(3,4)21-16(20)13-9-10-11(17)7-6-8-12(10)18(13)5/h6-9,19-20H,1-5H3. The van der Waals surface area contributed by atoms with Gasteiger partial charge >= 0.3 is 7.12 Å². The van der Waals surface area contributed by atoms with E-state index >= 15 is 0 Å². The fourth-order valence-electron chi connectivity index (χ4n) is 2.07. The normalized spacial score (nSPS) is 13.0. The van der Waals surface area contributed by atoms with Crippen molar-refractivity contribution in [3.05, 3.63) is 29.3 Å². The number of halogens is 1. The monoisotopic (exact) mass is 309 g/mol. The molecule has 2 aromatic rings. The highest BCUT2D eigenvalue weighted by Gasteiger charge is 2.40. The first kappa shape index (κ1) is 16.4. The highest BCUT2D eigenvalue weighted by molar-refractivity contribution is 6.60. The molecule has 1 heterocycles. The molecule has 0 saturated carbocycles. The van der Waals surface area contributed by atoms with Crippen LogP contribution in [0.25, 0.3) is 10.9 Å². The van der Waals surface area contributed by atoms with Gasteiger partial charge in [0.25, 0.3) is 0 Å². The molecule has 1 aromatic heterocycles. The predicted octanol–water partition coefficient (Wildman–Crippen LogP) is 2.09. The Morgan fingerprint density at radius 1 is 1.24 bits per heavy atom. The molecule has 6 heteroatoms. The van der Waals surface area contributed by atoms with E-state index in [1.54, 1.807) is 27.7 Å². The lowest BCUT2D eigenvalue weighted by molar-refractivity contribution is -0.0984. The lowest BCUT2D eigenvalue weighted by Gasteiger charge is -2.38. The van der Waals surface area contributed by atoms with E-state index < -0.39 is 18.3 Å². The molecule has 0 fully saturated rings. The van der Waals surface area contributed by atoms with Crippen molar-refractivity contribution in [3.63, 3.8) is 0 Å². The number of hydrogen-bond acceptors (Lipinski definition) is 3. The maximum absolute atomic E-state index is 10.4. The first-order chi connectivity index (χ1) is 9.54. The molecule has 2 N–H and O–H groups in total. The second-order valence-electron chi connectivity index (χ2n) is 6.34. The van der Waals surface area contributed by atoms with Crippen LogP contribution in [0.4, 0.5) is 0 Å². The van der Waals surface area contributed by atoms with Crippen LogP contribution in [0.2, 0.25) is 5.02 Å². The molecule has 0 bridgehead atoms. The molecule has 0 aliphatic rings. The summed E-state index contributed by atoms with van der Waals surface area (Å²) in [6.07, 6.45) is 0. The van der Waals surface area contributed by atoms with E-state index in [2.05, 4.69) is 0 Å². The van der Waals surface area contributed by atoms with Crippen LogP contribution in [0.5, 0.6) is 0 Å². The Hall–Kier alpha value is -1.01. The van der Waals surface area contributed by atoms with Crippen LogP contribution in [-0.2, 0) is 11.7 Å². The predicted molar refractivity (Wildman–Crippen MR) is 87.0 cm³/mol. The van der Waals surface area contributed by atoms with E-state index in [0.29, 0.717) is 10.6 Å². The van der Waals surface area contributed by atoms with Crippen LogP contribution in [-0.4, -0.2) is 33.0 Å². The van der Waals surface area contributed by atoms with Crippen molar-refractivity contribution >= 4 is 35.2 Å². The average molecular weight is 310 g/mol. The lowest BCUT2D eigenvalue weighted by Crippen LogP contribution is -2.54. The molecule has 114 valence electrons. The summed E-state index contributed by atoms with van der Waals surface area (Å²) in [7, 11) is 0.692. The third-order valence-electron chi connectivity index (χ3n) is 4.20. The fraction of sp³-hybridized carbons (Fsp3) is 0.467. The summed E-state index contributed by atoms with van der Waals surface area (Å²) in [5, 5.41) is 22.0. The second-order valence-corrected chi connectivity index (χ2v) is 6.75. The molecule has 21 heavy (non-hydrogen) atoms. The summed E-state index contributed by atoms with van der Waals surface area (Å²) in [6, 6.07) is 7.41. The van der Waals surface area contributed by atoms with Crippen molar-refractivity contribution in [2.45, 2.75) is 38.9 Å². The van der Waals surface area contributed by atoms with Crippen molar-refractivity contribution in [2.75, 3.05) is 0 Å². The van der Waals surface area contributed by atoms with Crippen molar-refractivity contribution in [1.29, 1.82) is 0 Å². The molecule has 0 aliphatic heterocycles. The van der Waals surface area contributed by atoms with Crippen molar-refractivity contribution < 1.29 is 14.8 Å². The van der Waals surface area contributed by atoms with Crippen LogP contribution in [0, 0.1) is 0 Å². The van der Waals surface area contributed by atoms with Crippen molar-refractivity contribution in [3.8, 4) is 0 Å². The molecule has 0 radical (unpaired) electrons. The average Bonchev–Trinajstić information content (AvgIpc) is 2.67. The fourth-order valence-corrected chi connectivity index (χ4v) is 2.29. The molecule has 1 aromatic carbocycles. The third kappa shape index (κ3) is 2.97. The van der Waals surface area contributed by atoms with Crippen LogP contribution < -0.4 is 5.59 Å². The van der Waals surface area contributed by atoms with E-state index in [1.165, 1.54) is 0 Å². The van der Waals surface area contributed by atoms with Crippen LogP contribution in [0.1, 0.15) is 27.7 Å². The van der Waals surface area contributed by atoms with E-state index in [0.717, 1.165) is 10.9 Å². The van der Waals surface area contributed by atoms with Crippen LogP contribution in [0.15, 0.2) is 24.3 Å². The Morgan fingerprint density at radius 2 is 1.86 bits per heavy atom. The molecule has 2 rings (SSSR count). The number of hydrogen-bond donors (Lipinski definition) is 2. The molecule has 0 unspecified atom stereocenters. The minimum atomic E-state index is -1.15. The number of fused-ring (bicyclic) bond motifs is 1. The second kappa shape index (κ2) is 5.32. The van der Waals surface area contributed by atoms with Gasteiger partial charge in [-0.2, -0.15) is 0 Å². The van der Waals surface area contributed by atoms with E-state index in [1.807, 2.05) is 35.9 Å². The Kier molecular flexibility index (Phi) is 4.15. The van der Waals surface area contributed by atoms with Gasteiger partial charge in [-0.3, -0.25) is 0 Å². The van der Waals surface area contributed by atoms with Crippen molar-refractivity contribution in [1.82, 2.24) is 4.57 Å². The van der Waals surface area contributed by atoms with E-state index in [9.17, 15) is 10.1 Å². The number of aromatic nitrogens is 1. The zero-order chi connectivity index (χ0) is 16.0. The first-order valence-electron chi connectivity index (χ1n) is 6.87. The van der Waals surface area contributed by atoms with Gasteiger partial charge in [-0.1, -0.05) is 17.7 Å². The number of rotatable bonds is 4. The molecule has 0 aliphatic carbocycles. The van der Waals surface area contributed by atoms with Gasteiger partial charge in [0.1, 0.15) is 0 Å². The molecule has 0 atom stereocenters. The van der Waals surface area contributed by atoms with Gasteiger partial charge in [-0.05, 0) is 45.9 Å². The van der Waals surface area contributed by atoms with E-state index in [-0.39, 0.29) is 0 Å². The smallest absolute Gasteiger partial charge is 0.422 e. The SMILES string of the molecule is Cn1c(B(O)OC(C)(C)C(C)(C)O)cc2c(Cl)cccc21. The largest absolute Gasteiger partial charge is 0.509 e. The lowest BCUT2D eigenvalue weighted by atomic mass is 9.80. The Labute approximate surface area is 130 Å². The summed E-state index contributed by atoms with van der Waals surface area (Å²) >= 11 is 6.18. The number of aliphatic hydroxyl groups is 1. The highest BCUT2D eigenvalue weighted by atomic mass is 35.5. The Bertz CT molecular complexity index is 661. The molecule has 0 saturated heterocycles. The van der Waals surface area contributed by atoms with Gasteiger partial charge in [-0.15, -0.1) is 0 Å². The molecular weight excluding hydrogens is 288 g/mol. The number of benzene rings is 1. The van der Waals surface area contributed by atoms with Gasteiger partial charge in [0, 0.05) is 28.6 Å². The number of nitrogens with zero attached hydrogens (tertiary/aromatic N) is 1. The van der Waals surface area contributed by atoms with Gasteiger partial charge in [0.15, 0.2) is 0 Å².